The minimum absolute atomic E-state index is 0.330. The van der Waals surface area contributed by atoms with Gasteiger partial charge in [-0.15, -0.1) is 0 Å². The van der Waals surface area contributed by atoms with Gasteiger partial charge in [0, 0.05) is 25.0 Å². The van der Waals surface area contributed by atoms with E-state index < -0.39 is 0 Å². The maximum Gasteiger partial charge on any atom is 0.125 e. The maximum absolute atomic E-state index is 4.74. The average Bonchev–Trinajstić information content (AvgIpc) is 2.83. The van der Waals surface area contributed by atoms with Crippen molar-refractivity contribution in [2.45, 2.75) is 32.2 Å². The van der Waals surface area contributed by atoms with Crippen molar-refractivity contribution in [1.82, 2.24) is 14.8 Å². The molecular formula is C14H18N4. The van der Waals surface area contributed by atoms with Crippen molar-refractivity contribution in [3.8, 4) is 0 Å². The SMILES string of the molecule is CC(C)c1cc2n(n1)C(c1ccncc1)CCN2. The second-order valence-corrected chi connectivity index (χ2v) is 5.07. The van der Waals surface area contributed by atoms with Crippen LogP contribution in [0.3, 0.4) is 0 Å². The molecule has 0 saturated carbocycles. The Bertz CT molecular complexity index is 530. The fraction of sp³-hybridized carbons (Fsp3) is 0.429. The molecule has 1 aliphatic rings. The summed E-state index contributed by atoms with van der Waals surface area (Å²) in [5.41, 5.74) is 2.43. The predicted molar refractivity (Wildman–Crippen MR) is 71.8 cm³/mol. The van der Waals surface area contributed by atoms with Crippen molar-refractivity contribution in [2.24, 2.45) is 0 Å². The quantitative estimate of drug-likeness (QED) is 0.880. The lowest BCUT2D eigenvalue weighted by Crippen LogP contribution is -2.24. The average molecular weight is 242 g/mol. The molecule has 0 aromatic carbocycles. The Morgan fingerprint density at radius 3 is 2.83 bits per heavy atom. The summed E-state index contributed by atoms with van der Waals surface area (Å²) in [6.07, 6.45) is 4.77. The molecule has 3 heterocycles. The van der Waals surface area contributed by atoms with Crippen LogP contribution in [0, 0.1) is 0 Å². The van der Waals surface area contributed by atoms with Crippen LogP contribution in [0.25, 0.3) is 0 Å². The molecule has 0 aliphatic carbocycles. The summed E-state index contributed by atoms with van der Waals surface area (Å²) in [4.78, 5) is 4.08. The molecule has 2 aromatic heterocycles. The Morgan fingerprint density at radius 2 is 2.11 bits per heavy atom. The Hall–Kier alpha value is -1.84. The topological polar surface area (TPSA) is 42.7 Å². The molecule has 0 radical (unpaired) electrons. The van der Waals surface area contributed by atoms with E-state index in [0.29, 0.717) is 12.0 Å². The zero-order chi connectivity index (χ0) is 12.5. The summed E-state index contributed by atoms with van der Waals surface area (Å²) in [7, 11) is 0. The summed E-state index contributed by atoms with van der Waals surface area (Å²) < 4.78 is 2.12. The molecule has 1 aliphatic heterocycles. The Kier molecular flexibility index (Phi) is 2.78. The van der Waals surface area contributed by atoms with Crippen molar-refractivity contribution in [2.75, 3.05) is 11.9 Å². The summed E-state index contributed by atoms with van der Waals surface area (Å²) in [6.45, 7) is 5.35. The maximum atomic E-state index is 4.74. The molecule has 0 saturated heterocycles. The fourth-order valence-electron chi connectivity index (χ4n) is 2.42. The third-order valence-corrected chi connectivity index (χ3v) is 3.46. The molecule has 1 N–H and O–H groups in total. The van der Waals surface area contributed by atoms with Crippen LogP contribution in [0.5, 0.6) is 0 Å². The van der Waals surface area contributed by atoms with Crippen LogP contribution in [-0.2, 0) is 0 Å². The van der Waals surface area contributed by atoms with E-state index in [0.717, 1.165) is 24.5 Å². The van der Waals surface area contributed by atoms with Gasteiger partial charge in [0.15, 0.2) is 0 Å². The molecule has 4 nitrogen and oxygen atoms in total. The first-order chi connectivity index (χ1) is 8.75. The number of rotatable bonds is 2. The molecule has 0 fully saturated rings. The zero-order valence-corrected chi connectivity index (χ0v) is 10.8. The number of hydrogen-bond acceptors (Lipinski definition) is 3. The van der Waals surface area contributed by atoms with Gasteiger partial charge in [-0.25, -0.2) is 4.68 Å². The van der Waals surface area contributed by atoms with Gasteiger partial charge < -0.3 is 5.32 Å². The fourth-order valence-corrected chi connectivity index (χ4v) is 2.42. The highest BCUT2D eigenvalue weighted by Crippen LogP contribution is 2.30. The first-order valence-corrected chi connectivity index (χ1v) is 6.49. The number of nitrogens with zero attached hydrogens (tertiary/aromatic N) is 3. The third kappa shape index (κ3) is 1.88. The molecule has 94 valence electrons. The van der Waals surface area contributed by atoms with E-state index in [4.69, 9.17) is 5.10 Å². The van der Waals surface area contributed by atoms with Gasteiger partial charge >= 0.3 is 0 Å². The zero-order valence-electron chi connectivity index (χ0n) is 10.8. The Morgan fingerprint density at radius 1 is 1.33 bits per heavy atom. The molecule has 18 heavy (non-hydrogen) atoms. The van der Waals surface area contributed by atoms with E-state index in [1.807, 2.05) is 12.4 Å². The lowest BCUT2D eigenvalue weighted by Gasteiger charge is -2.25. The molecule has 1 atom stereocenters. The van der Waals surface area contributed by atoms with Gasteiger partial charge in [0.1, 0.15) is 5.82 Å². The number of pyridine rings is 1. The Labute approximate surface area is 107 Å². The summed E-state index contributed by atoms with van der Waals surface area (Å²) in [6, 6.07) is 6.65. The lowest BCUT2D eigenvalue weighted by atomic mass is 10.0. The van der Waals surface area contributed by atoms with E-state index in [1.54, 1.807) is 0 Å². The number of hydrogen-bond donors (Lipinski definition) is 1. The van der Waals surface area contributed by atoms with E-state index in [-0.39, 0.29) is 0 Å². The highest BCUT2D eigenvalue weighted by atomic mass is 15.4. The van der Waals surface area contributed by atoms with Crippen LogP contribution in [-0.4, -0.2) is 21.3 Å². The van der Waals surface area contributed by atoms with Crippen molar-refractivity contribution < 1.29 is 0 Å². The highest BCUT2D eigenvalue weighted by Gasteiger charge is 2.23. The van der Waals surface area contributed by atoms with Gasteiger partial charge in [0.2, 0.25) is 0 Å². The van der Waals surface area contributed by atoms with Crippen LogP contribution in [0.4, 0.5) is 5.82 Å². The summed E-state index contributed by atoms with van der Waals surface area (Å²) in [5, 5.41) is 8.16. The molecule has 0 amide bonds. The first kappa shape index (κ1) is 11.3. The van der Waals surface area contributed by atoms with Crippen molar-refractivity contribution in [3.63, 3.8) is 0 Å². The van der Waals surface area contributed by atoms with Gasteiger partial charge in [-0.05, 0) is 30.0 Å². The largest absolute Gasteiger partial charge is 0.370 e. The normalized spacial score (nSPS) is 18.5. The van der Waals surface area contributed by atoms with Crippen molar-refractivity contribution >= 4 is 5.82 Å². The van der Waals surface area contributed by atoms with Crippen molar-refractivity contribution in [3.05, 3.63) is 41.9 Å². The molecule has 0 bridgehead atoms. The highest BCUT2D eigenvalue weighted by molar-refractivity contribution is 5.41. The molecule has 3 rings (SSSR count). The second kappa shape index (κ2) is 4.44. The van der Waals surface area contributed by atoms with Gasteiger partial charge in [0.25, 0.3) is 0 Å². The minimum Gasteiger partial charge on any atom is -0.370 e. The number of fused-ring (bicyclic) bond motifs is 1. The number of aromatic nitrogens is 3. The standard InChI is InChI=1S/C14H18N4/c1-10(2)12-9-14-16-8-5-13(18(14)17-12)11-3-6-15-7-4-11/h3-4,6-7,9-10,13,16H,5,8H2,1-2H3. The molecular weight excluding hydrogens is 224 g/mol. The van der Waals surface area contributed by atoms with Crippen LogP contribution in [0.1, 0.15) is 43.5 Å². The van der Waals surface area contributed by atoms with Gasteiger partial charge in [-0.3, -0.25) is 4.98 Å². The van der Waals surface area contributed by atoms with Gasteiger partial charge in [-0.2, -0.15) is 5.10 Å². The molecule has 4 heteroatoms. The van der Waals surface area contributed by atoms with E-state index in [2.05, 4.69) is 47.0 Å². The van der Waals surface area contributed by atoms with Crippen molar-refractivity contribution in [1.29, 1.82) is 0 Å². The smallest absolute Gasteiger partial charge is 0.125 e. The minimum atomic E-state index is 0.330. The Balaban J connectivity index is 2.01. The third-order valence-electron chi connectivity index (χ3n) is 3.46. The van der Waals surface area contributed by atoms with E-state index in [9.17, 15) is 0 Å². The van der Waals surface area contributed by atoms with Crippen LogP contribution in [0.15, 0.2) is 30.6 Å². The number of anilines is 1. The second-order valence-electron chi connectivity index (χ2n) is 5.07. The lowest BCUT2D eigenvalue weighted by molar-refractivity contribution is 0.475. The molecule has 2 aromatic rings. The first-order valence-electron chi connectivity index (χ1n) is 6.49. The monoisotopic (exact) mass is 242 g/mol. The van der Waals surface area contributed by atoms with Crippen LogP contribution in [0.2, 0.25) is 0 Å². The molecule has 1 unspecified atom stereocenters. The van der Waals surface area contributed by atoms with Crippen LogP contribution >= 0.6 is 0 Å². The summed E-state index contributed by atoms with van der Waals surface area (Å²) in [5.74, 6) is 1.59. The summed E-state index contributed by atoms with van der Waals surface area (Å²) >= 11 is 0. The van der Waals surface area contributed by atoms with E-state index >= 15 is 0 Å². The predicted octanol–water partition coefficient (Wildman–Crippen LogP) is 2.81. The van der Waals surface area contributed by atoms with E-state index in [1.165, 1.54) is 5.56 Å². The van der Waals surface area contributed by atoms with Gasteiger partial charge in [0.05, 0.1) is 11.7 Å². The molecule has 0 spiro atoms. The number of nitrogens with one attached hydrogen (secondary N) is 1. The van der Waals surface area contributed by atoms with Gasteiger partial charge in [-0.1, -0.05) is 13.8 Å². The van der Waals surface area contributed by atoms with Crippen LogP contribution < -0.4 is 5.32 Å².